The second-order valence-electron chi connectivity index (χ2n) is 6.57. The summed E-state index contributed by atoms with van der Waals surface area (Å²) in [4.78, 5) is 16.2. The molecule has 126 valence electrons. The summed E-state index contributed by atoms with van der Waals surface area (Å²) >= 11 is 0. The van der Waals surface area contributed by atoms with Crippen molar-refractivity contribution in [1.82, 2.24) is 20.3 Å². The number of rotatable bonds is 3. The summed E-state index contributed by atoms with van der Waals surface area (Å²) in [6.45, 7) is 4.01. The maximum absolute atomic E-state index is 9.47. The van der Waals surface area contributed by atoms with E-state index in [1.807, 2.05) is 12.1 Å². The van der Waals surface area contributed by atoms with Gasteiger partial charge in [-0.05, 0) is 31.5 Å². The van der Waals surface area contributed by atoms with Gasteiger partial charge in [-0.3, -0.25) is 4.98 Å². The van der Waals surface area contributed by atoms with Crippen molar-refractivity contribution in [2.24, 2.45) is 5.92 Å². The van der Waals surface area contributed by atoms with Crippen LogP contribution in [0.15, 0.2) is 24.5 Å². The Morgan fingerprint density at radius 1 is 1.17 bits per heavy atom. The van der Waals surface area contributed by atoms with Crippen LogP contribution in [0, 0.1) is 5.92 Å². The second-order valence-corrected chi connectivity index (χ2v) is 6.57. The predicted octanol–water partition coefficient (Wildman–Crippen LogP) is 1.05. The van der Waals surface area contributed by atoms with Gasteiger partial charge in [0.15, 0.2) is 5.82 Å². The van der Waals surface area contributed by atoms with Crippen molar-refractivity contribution in [3.63, 3.8) is 0 Å². The first kappa shape index (κ1) is 15.5. The van der Waals surface area contributed by atoms with E-state index < -0.39 is 0 Å². The van der Waals surface area contributed by atoms with Gasteiger partial charge < -0.3 is 15.3 Å². The molecule has 0 bridgehead atoms. The Morgan fingerprint density at radius 3 is 2.79 bits per heavy atom. The monoisotopic (exact) mass is 325 g/mol. The number of aliphatic hydroxyl groups is 1. The fourth-order valence-electron chi connectivity index (χ4n) is 3.59. The molecule has 0 saturated carbocycles. The second kappa shape index (κ2) is 6.83. The van der Waals surface area contributed by atoms with Crippen LogP contribution >= 0.6 is 0 Å². The highest BCUT2D eigenvalue weighted by atomic mass is 16.3. The Bertz CT molecular complexity index is 706. The molecule has 24 heavy (non-hydrogen) atoms. The van der Waals surface area contributed by atoms with Gasteiger partial charge in [0.2, 0.25) is 0 Å². The Morgan fingerprint density at radius 2 is 2.00 bits per heavy atom. The Hall–Kier alpha value is -2.05. The first-order valence-corrected chi connectivity index (χ1v) is 8.72. The summed E-state index contributed by atoms with van der Waals surface area (Å²) in [5.74, 6) is 2.19. The van der Waals surface area contributed by atoms with Gasteiger partial charge in [-0.25, -0.2) is 9.97 Å². The van der Waals surface area contributed by atoms with E-state index in [4.69, 9.17) is 9.97 Å². The molecule has 2 aromatic heterocycles. The third kappa shape index (κ3) is 2.99. The van der Waals surface area contributed by atoms with Crippen molar-refractivity contribution in [2.75, 3.05) is 37.7 Å². The highest BCUT2D eigenvalue weighted by Crippen LogP contribution is 2.30. The van der Waals surface area contributed by atoms with Crippen LogP contribution in [0.4, 0.5) is 5.82 Å². The molecule has 6 heteroatoms. The molecule has 0 aromatic carbocycles. The normalized spacial score (nSPS) is 20.7. The van der Waals surface area contributed by atoms with Crippen LogP contribution in [0.1, 0.15) is 17.7 Å². The Balaban J connectivity index is 1.78. The maximum Gasteiger partial charge on any atom is 0.161 e. The number of hydrogen-bond acceptors (Lipinski definition) is 6. The average Bonchev–Trinajstić information content (AvgIpc) is 2.99. The lowest BCUT2D eigenvalue weighted by Crippen LogP contribution is -2.24. The van der Waals surface area contributed by atoms with Gasteiger partial charge in [-0.2, -0.15) is 0 Å². The molecule has 4 heterocycles. The number of fused-ring (bicyclic) bond motifs is 1. The molecule has 2 aliphatic heterocycles. The average molecular weight is 325 g/mol. The number of hydrogen-bond donors (Lipinski definition) is 2. The zero-order valence-electron chi connectivity index (χ0n) is 13.8. The smallest absolute Gasteiger partial charge is 0.161 e. The standard InChI is InChI=1S/C18H23N5O/c24-12-13-5-10-23(11-13)18-15-3-8-20-9-4-16(15)21-17(22-18)14-1-6-19-7-2-14/h1-2,6-7,13,20,24H,3-5,8-12H2/t13-/m1/s1. The summed E-state index contributed by atoms with van der Waals surface area (Å²) in [5.41, 5.74) is 3.44. The molecule has 0 aliphatic carbocycles. The molecule has 0 unspecified atom stereocenters. The minimum Gasteiger partial charge on any atom is -0.396 e. The highest BCUT2D eigenvalue weighted by molar-refractivity contribution is 5.61. The van der Waals surface area contributed by atoms with Crippen molar-refractivity contribution in [1.29, 1.82) is 0 Å². The topological polar surface area (TPSA) is 74.2 Å². The highest BCUT2D eigenvalue weighted by Gasteiger charge is 2.27. The molecule has 0 amide bonds. The van der Waals surface area contributed by atoms with Crippen molar-refractivity contribution in [3.8, 4) is 11.4 Å². The van der Waals surface area contributed by atoms with E-state index >= 15 is 0 Å². The number of nitrogens with zero attached hydrogens (tertiary/aromatic N) is 4. The van der Waals surface area contributed by atoms with Crippen LogP contribution in [0.2, 0.25) is 0 Å². The summed E-state index contributed by atoms with van der Waals surface area (Å²) in [6, 6.07) is 3.92. The van der Waals surface area contributed by atoms with Gasteiger partial charge in [0.05, 0.1) is 5.69 Å². The van der Waals surface area contributed by atoms with Gasteiger partial charge in [0.1, 0.15) is 5.82 Å². The number of nitrogens with one attached hydrogen (secondary N) is 1. The third-order valence-corrected chi connectivity index (χ3v) is 4.94. The van der Waals surface area contributed by atoms with Crippen molar-refractivity contribution in [3.05, 3.63) is 35.8 Å². The van der Waals surface area contributed by atoms with E-state index in [2.05, 4.69) is 15.2 Å². The minimum atomic E-state index is 0.253. The molecule has 1 saturated heterocycles. The molecule has 0 spiro atoms. The van der Waals surface area contributed by atoms with E-state index in [1.165, 1.54) is 5.56 Å². The molecule has 0 radical (unpaired) electrons. The number of anilines is 1. The van der Waals surface area contributed by atoms with Crippen LogP contribution in [-0.4, -0.2) is 52.8 Å². The molecule has 2 aliphatic rings. The van der Waals surface area contributed by atoms with Crippen molar-refractivity contribution in [2.45, 2.75) is 19.3 Å². The van der Waals surface area contributed by atoms with E-state index in [1.54, 1.807) is 12.4 Å². The lowest BCUT2D eigenvalue weighted by Gasteiger charge is -2.22. The van der Waals surface area contributed by atoms with Gasteiger partial charge in [-0.1, -0.05) is 0 Å². The quantitative estimate of drug-likeness (QED) is 0.878. The Kier molecular flexibility index (Phi) is 4.40. The summed E-state index contributed by atoms with van der Waals surface area (Å²) in [5, 5.41) is 12.9. The molecule has 1 fully saturated rings. The van der Waals surface area contributed by atoms with Crippen LogP contribution in [0.5, 0.6) is 0 Å². The molecule has 4 rings (SSSR count). The maximum atomic E-state index is 9.47. The molecular formula is C18H23N5O. The zero-order chi connectivity index (χ0) is 16.4. The van der Waals surface area contributed by atoms with Crippen LogP contribution in [-0.2, 0) is 12.8 Å². The van der Waals surface area contributed by atoms with E-state index in [9.17, 15) is 5.11 Å². The van der Waals surface area contributed by atoms with Crippen molar-refractivity contribution >= 4 is 5.82 Å². The molecule has 2 N–H and O–H groups in total. The van der Waals surface area contributed by atoms with Crippen LogP contribution in [0.25, 0.3) is 11.4 Å². The van der Waals surface area contributed by atoms with Gasteiger partial charge in [-0.15, -0.1) is 0 Å². The SMILES string of the molecule is OC[C@@H]1CCN(c2nc(-c3ccncc3)nc3c2CCNCC3)C1. The zero-order valence-corrected chi connectivity index (χ0v) is 13.8. The minimum absolute atomic E-state index is 0.253. The van der Waals surface area contributed by atoms with E-state index in [0.29, 0.717) is 5.92 Å². The fraction of sp³-hybridized carbons (Fsp3) is 0.500. The molecule has 6 nitrogen and oxygen atoms in total. The van der Waals surface area contributed by atoms with E-state index in [0.717, 1.165) is 68.3 Å². The molecule has 1 atom stereocenters. The van der Waals surface area contributed by atoms with E-state index in [-0.39, 0.29) is 6.61 Å². The van der Waals surface area contributed by atoms with Gasteiger partial charge in [0, 0.05) is 62.1 Å². The van der Waals surface area contributed by atoms with Crippen LogP contribution < -0.4 is 10.2 Å². The summed E-state index contributed by atoms with van der Waals surface area (Å²) in [7, 11) is 0. The van der Waals surface area contributed by atoms with Gasteiger partial charge >= 0.3 is 0 Å². The first-order valence-electron chi connectivity index (χ1n) is 8.72. The number of aliphatic hydroxyl groups excluding tert-OH is 1. The van der Waals surface area contributed by atoms with Crippen LogP contribution in [0.3, 0.4) is 0 Å². The lowest BCUT2D eigenvalue weighted by atomic mass is 10.1. The van der Waals surface area contributed by atoms with Crippen molar-refractivity contribution < 1.29 is 5.11 Å². The third-order valence-electron chi connectivity index (χ3n) is 4.94. The fourth-order valence-corrected chi connectivity index (χ4v) is 3.59. The number of aromatic nitrogens is 3. The largest absolute Gasteiger partial charge is 0.396 e. The lowest BCUT2D eigenvalue weighted by molar-refractivity contribution is 0.238. The first-order chi connectivity index (χ1) is 11.8. The predicted molar refractivity (Wildman–Crippen MR) is 92.9 cm³/mol. The molecule has 2 aromatic rings. The summed E-state index contributed by atoms with van der Waals surface area (Å²) < 4.78 is 0. The van der Waals surface area contributed by atoms with Gasteiger partial charge in [0.25, 0.3) is 0 Å². The Labute approximate surface area is 142 Å². The summed E-state index contributed by atoms with van der Waals surface area (Å²) in [6.07, 6.45) is 6.48. The molecular weight excluding hydrogens is 302 g/mol. The number of pyridine rings is 1.